The Hall–Kier alpha value is -2.33. The minimum absolute atomic E-state index is 0.615. The third-order valence-corrected chi connectivity index (χ3v) is 4.91. The molecule has 0 aliphatic rings. The number of benzene rings is 2. The number of rotatable bonds is 5. The van der Waals surface area contributed by atoms with Gasteiger partial charge in [-0.15, -0.1) is 11.3 Å². The van der Waals surface area contributed by atoms with E-state index in [9.17, 15) is 0 Å². The second kappa shape index (κ2) is 7.05. The second-order valence-electron chi connectivity index (χ2n) is 5.64. The van der Waals surface area contributed by atoms with Crippen molar-refractivity contribution in [3.63, 3.8) is 0 Å². The van der Waals surface area contributed by atoms with E-state index in [1.165, 1.54) is 11.1 Å². The van der Waals surface area contributed by atoms with E-state index in [0.717, 1.165) is 33.3 Å². The van der Waals surface area contributed by atoms with E-state index in [-0.39, 0.29) is 0 Å². The van der Waals surface area contributed by atoms with Gasteiger partial charge in [0.15, 0.2) is 11.5 Å². The molecule has 0 aliphatic carbocycles. The summed E-state index contributed by atoms with van der Waals surface area (Å²) in [6.45, 7) is 6.83. The average molecular weight is 339 g/mol. The molecule has 0 saturated carbocycles. The Labute approximate surface area is 146 Å². The molecule has 0 fully saturated rings. The molecule has 24 heavy (non-hydrogen) atoms. The molecule has 0 bridgehead atoms. The Morgan fingerprint density at radius 3 is 2.46 bits per heavy atom. The lowest BCUT2D eigenvalue weighted by Gasteiger charge is -2.10. The molecule has 1 heterocycles. The second-order valence-corrected chi connectivity index (χ2v) is 6.49. The molecular formula is C20H21NO2S. The summed E-state index contributed by atoms with van der Waals surface area (Å²) in [5, 5.41) is 3.08. The zero-order chi connectivity index (χ0) is 17.1. The lowest BCUT2D eigenvalue weighted by atomic mass is 10.1. The van der Waals surface area contributed by atoms with Gasteiger partial charge in [0, 0.05) is 16.5 Å². The van der Waals surface area contributed by atoms with Crippen molar-refractivity contribution >= 4 is 11.3 Å². The van der Waals surface area contributed by atoms with Gasteiger partial charge in [-0.3, -0.25) is 0 Å². The average Bonchev–Trinajstić information content (AvgIpc) is 3.08. The zero-order valence-electron chi connectivity index (χ0n) is 14.4. The standard InChI is InChI=1S/C20H21NO2S/c1-5-23-18-9-8-16(11-19(18)22-4)20-21-17(12-24-20)15-7-6-13(2)14(3)10-15/h6-12H,5H2,1-4H3. The van der Waals surface area contributed by atoms with Gasteiger partial charge < -0.3 is 9.47 Å². The molecule has 0 unspecified atom stereocenters. The summed E-state index contributed by atoms with van der Waals surface area (Å²) in [5.41, 5.74) is 5.77. The first-order chi connectivity index (χ1) is 11.6. The molecule has 3 aromatic rings. The van der Waals surface area contributed by atoms with Gasteiger partial charge in [0.1, 0.15) is 5.01 Å². The van der Waals surface area contributed by atoms with Crippen LogP contribution in [0.2, 0.25) is 0 Å². The highest BCUT2D eigenvalue weighted by Gasteiger charge is 2.11. The van der Waals surface area contributed by atoms with Crippen LogP contribution in [-0.2, 0) is 0 Å². The molecule has 3 rings (SSSR count). The number of methoxy groups -OCH3 is 1. The molecule has 0 saturated heterocycles. The van der Waals surface area contributed by atoms with E-state index in [1.807, 2.05) is 25.1 Å². The first-order valence-electron chi connectivity index (χ1n) is 7.96. The lowest BCUT2D eigenvalue weighted by molar-refractivity contribution is 0.311. The van der Waals surface area contributed by atoms with Crippen molar-refractivity contribution < 1.29 is 9.47 Å². The highest BCUT2D eigenvalue weighted by molar-refractivity contribution is 7.13. The molecule has 124 valence electrons. The molecule has 0 spiro atoms. The Morgan fingerprint density at radius 1 is 0.958 bits per heavy atom. The topological polar surface area (TPSA) is 31.4 Å². The van der Waals surface area contributed by atoms with Crippen molar-refractivity contribution in [3.8, 4) is 33.3 Å². The molecule has 0 aliphatic heterocycles. The Kier molecular flexibility index (Phi) is 4.86. The van der Waals surface area contributed by atoms with E-state index in [2.05, 4.69) is 37.4 Å². The van der Waals surface area contributed by atoms with Gasteiger partial charge in [-0.1, -0.05) is 12.1 Å². The first kappa shape index (κ1) is 16.5. The van der Waals surface area contributed by atoms with Crippen LogP contribution < -0.4 is 9.47 Å². The van der Waals surface area contributed by atoms with E-state index < -0.39 is 0 Å². The zero-order valence-corrected chi connectivity index (χ0v) is 15.2. The number of nitrogens with zero attached hydrogens (tertiary/aromatic N) is 1. The predicted molar refractivity (Wildman–Crippen MR) is 100 cm³/mol. The van der Waals surface area contributed by atoms with Crippen molar-refractivity contribution in [2.75, 3.05) is 13.7 Å². The molecule has 0 N–H and O–H groups in total. The largest absolute Gasteiger partial charge is 0.493 e. The molecule has 0 atom stereocenters. The molecule has 3 nitrogen and oxygen atoms in total. The number of aromatic nitrogens is 1. The van der Waals surface area contributed by atoms with Crippen LogP contribution in [0.4, 0.5) is 0 Å². The predicted octanol–water partition coefficient (Wildman–Crippen LogP) is 5.50. The third-order valence-electron chi connectivity index (χ3n) is 4.02. The van der Waals surface area contributed by atoms with Gasteiger partial charge in [0.2, 0.25) is 0 Å². The first-order valence-corrected chi connectivity index (χ1v) is 8.84. The molecule has 1 aromatic heterocycles. The fourth-order valence-corrected chi connectivity index (χ4v) is 3.34. The normalized spacial score (nSPS) is 10.7. The van der Waals surface area contributed by atoms with Crippen LogP contribution >= 0.6 is 11.3 Å². The van der Waals surface area contributed by atoms with E-state index in [0.29, 0.717) is 6.61 Å². The number of hydrogen-bond acceptors (Lipinski definition) is 4. The highest BCUT2D eigenvalue weighted by Crippen LogP contribution is 2.35. The van der Waals surface area contributed by atoms with Crippen molar-refractivity contribution in [3.05, 3.63) is 52.9 Å². The van der Waals surface area contributed by atoms with Crippen molar-refractivity contribution in [1.82, 2.24) is 4.98 Å². The minimum Gasteiger partial charge on any atom is -0.493 e. The fraction of sp³-hybridized carbons (Fsp3) is 0.250. The highest BCUT2D eigenvalue weighted by atomic mass is 32.1. The van der Waals surface area contributed by atoms with E-state index >= 15 is 0 Å². The van der Waals surface area contributed by atoms with Crippen LogP contribution in [0.3, 0.4) is 0 Å². The molecule has 0 radical (unpaired) electrons. The summed E-state index contributed by atoms with van der Waals surface area (Å²) in [5.74, 6) is 1.49. The number of aryl methyl sites for hydroxylation is 2. The summed E-state index contributed by atoms with van der Waals surface area (Å²) in [6, 6.07) is 12.4. The Balaban J connectivity index is 1.94. The Bertz CT molecular complexity index is 855. The van der Waals surface area contributed by atoms with Gasteiger partial charge in [-0.05, 0) is 56.2 Å². The summed E-state index contributed by atoms with van der Waals surface area (Å²) < 4.78 is 11.0. The molecule has 0 amide bonds. The van der Waals surface area contributed by atoms with Gasteiger partial charge in [-0.25, -0.2) is 4.98 Å². The van der Waals surface area contributed by atoms with Crippen molar-refractivity contribution in [2.45, 2.75) is 20.8 Å². The summed E-state index contributed by atoms with van der Waals surface area (Å²) in [4.78, 5) is 4.79. The molecular weight excluding hydrogens is 318 g/mol. The number of ether oxygens (including phenoxy) is 2. The fourth-order valence-electron chi connectivity index (χ4n) is 2.52. The summed E-state index contributed by atoms with van der Waals surface area (Å²) in [6.07, 6.45) is 0. The van der Waals surface area contributed by atoms with Crippen molar-refractivity contribution in [2.24, 2.45) is 0 Å². The summed E-state index contributed by atoms with van der Waals surface area (Å²) in [7, 11) is 1.66. The van der Waals surface area contributed by atoms with Crippen LogP contribution in [0.25, 0.3) is 21.8 Å². The van der Waals surface area contributed by atoms with Crippen LogP contribution in [0.1, 0.15) is 18.1 Å². The van der Waals surface area contributed by atoms with E-state index in [1.54, 1.807) is 18.4 Å². The molecule has 2 aromatic carbocycles. The van der Waals surface area contributed by atoms with Crippen LogP contribution in [0.5, 0.6) is 11.5 Å². The monoisotopic (exact) mass is 339 g/mol. The number of hydrogen-bond donors (Lipinski definition) is 0. The van der Waals surface area contributed by atoms with Crippen LogP contribution in [-0.4, -0.2) is 18.7 Å². The van der Waals surface area contributed by atoms with Gasteiger partial charge in [0.25, 0.3) is 0 Å². The lowest BCUT2D eigenvalue weighted by Crippen LogP contribution is -1.95. The van der Waals surface area contributed by atoms with Gasteiger partial charge in [0.05, 0.1) is 19.4 Å². The van der Waals surface area contributed by atoms with Crippen LogP contribution in [0.15, 0.2) is 41.8 Å². The minimum atomic E-state index is 0.615. The van der Waals surface area contributed by atoms with Crippen LogP contribution in [0, 0.1) is 13.8 Å². The maximum absolute atomic E-state index is 5.58. The maximum Gasteiger partial charge on any atom is 0.161 e. The molecule has 4 heteroatoms. The van der Waals surface area contributed by atoms with Gasteiger partial charge in [-0.2, -0.15) is 0 Å². The van der Waals surface area contributed by atoms with Gasteiger partial charge >= 0.3 is 0 Å². The van der Waals surface area contributed by atoms with E-state index in [4.69, 9.17) is 14.5 Å². The summed E-state index contributed by atoms with van der Waals surface area (Å²) >= 11 is 1.64. The van der Waals surface area contributed by atoms with Crippen molar-refractivity contribution in [1.29, 1.82) is 0 Å². The Morgan fingerprint density at radius 2 is 1.75 bits per heavy atom. The quantitative estimate of drug-likeness (QED) is 0.615. The maximum atomic E-state index is 5.58. The third kappa shape index (κ3) is 3.29. The number of thiazole rings is 1. The smallest absolute Gasteiger partial charge is 0.161 e. The SMILES string of the molecule is CCOc1ccc(-c2nc(-c3ccc(C)c(C)c3)cs2)cc1OC.